The molecule has 19 heavy (non-hydrogen) atoms. The molecule has 0 spiro atoms. The molecule has 0 saturated carbocycles. The first-order valence-electron chi connectivity index (χ1n) is 4.88. The van der Waals surface area contributed by atoms with Gasteiger partial charge in [-0.25, -0.2) is 0 Å². The van der Waals surface area contributed by atoms with Crippen LogP contribution in [-0.4, -0.2) is 10.2 Å². The molecular weight excluding hydrogens is 353 g/mol. The molecule has 0 unspecified atom stereocenters. The van der Waals surface area contributed by atoms with Gasteiger partial charge in [0.05, 0.1) is 15.1 Å². The van der Waals surface area contributed by atoms with Crippen molar-refractivity contribution >= 4 is 58.0 Å². The Balaban J connectivity index is 2.77. The first kappa shape index (κ1) is 14.9. The Morgan fingerprint density at radius 2 is 1.26 bits per heavy atom. The predicted molar refractivity (Wildman–Crippen MR) is 80.3 cm³/mol. The van der Waals surface area contributed by atoms with E-state index < -0.39 is 0 Å². The van der Waals surface area contributed by atoms with Gasteiger partial charge in [-0.3, -0.25) is 0 Å². The highest BCUT2D eigenvalue weighted by atomic mass is 35.5. The Kier molecular flexibility index (Phi) is 4.29. The molecule has 100 valence electrons. The van der Waals surface area contributed by atoms with Gasteiger partial charge in [0.25, 0.3) is 0 Å². The fraction of sp³-hybridized carbons (Fsp3) is 0. The van der Waals surface area contributed by atoms with Gasteiger partial charge in [0.15, 0.2) is 5.75 Å². The Bertz CT molecular complexity index is 670. The van der Waals surface area contributed by atoms with E-state index in [0.29, 0.717) is 11.1 Å². The van der Waals surface area contributed by atoms with Gasteiger partial charge in [-0.05, 0) is 18.2 Å². The highest BCUT2D eigenvalue weighted by Gasteiger charge is 2.19. The summed E-state index contributed by atoms with van der Waals surface area (Å²) in [6.45, 7) is 0. The van der Waals surface area contributed by atoms with Crippen molar-refractivity contribution in [2.24, 2.45) is 0 Å². The monoisotopic (exact) mass is 356 g/mol. The van der Waals surface area contributed by atoms with Gasteiger partial charge in [0.2, 0.25) is 0 Å². The third-order valence-corrected chi connectivity index (χ3v) is 4.43. The zero-order valence-electron chi connectivity index (χ0n) is 9.02. The third kappa shape index (κ3) is 2.56. The summed E-state index contributed by atoms with van der Waals surface area (Å²) >= 11 is 29.4. The van der Waals surface area contributed by atoms with Crippen molar-refractivity contribution in [1.29, 1.82) is 0 Å². The van der Waals surface area contributed by atoms with Crippen LogP contribution in [0.3, 0.4) is 0 Å². The van der Waals surface area contributed by atoms with E-state index in [1.54, 1.807) is 0 Å². The van der Waals surface area contributed by atoms with E-state index in [1.165, 1.54) is 18.2 Å². The third-order valence-electron chi connectivity index (χ3n) is 2.49. The number of rotatable bonds is 1. The summed E-state index contributed by atoms with van der Waals surface area (Å²) in [4.78, 5) is 0. The molecule has 0 saturated heterocycles. The number of aromatic hydroxyl groups is 2. The van der Waals surface area contributed by atoms with E-state index in [1.807, 2.05) is 0 Å². The minimum Gasteiger partial charge on any atom is -0.506 e. The van der Waals surface area contributed by atoms with E-state index in [4.69, 9.17) is 58.0 Å². The topological polar surface area (TPSA) is 40.5 Å². The molecule has 2 rings (SSSR count). The number of halogens is 5. The molecule has 2 aromatic carbocycles. The smallest absolute Gasteiger partial charge is 0.154 e. The number of hydrogen-bond donors (Lipinski definition) is 2. The molecule has 0 radical (unpaired) electrons. The number of phenolic OH excluding ortho intramolecular Hbond substituents is 2. The largest absolute Gasteiger partial charge is 0.506 e. The van der Waals surface area contributed by atoms with Crippen LogP contribution in [0.1, 0.15) is 0 Å². The van der Waals surface area contributed by atoms with Crippen molar-refractivity contribution in [3.8, 4) is 22.6 Å². The van der Waals surface area contributed by atoms with Crippen LogP contribution < -0.4 is 0 Å². The molecule has 0 atom stereocenters. The van der Waals surface area contributed by atoms with Crippen molar-refractivity contribution in [3.63, 3.8) is 0 Å². The van der Waals surface area contributed by atoms with Crippen molar-refractivity contribution < 1.29 is 10.2 Å². The second-order valence-electron chi connectivity index (χ2n) is 3.64. The molecule has 0 fully saturated rings. The Morgan fingerprint density at radius 1 is 0.632 bits per heavy atom. The molecule has 0 aliphatic carbocycles. The zero-order valence-corrected chi connectivity index (χ0v) is 12.8. The summed E-state index contributed by atoms with van der Waals surface area (Å²) in [5.41, 5.74) is 0.647. The van der Waals surface area contributed by atoms with Crippen LogP contribution in [0.15, 0.2) is 18.2 Å². The second kappa shape index (κ2) is 5.47. The number of benzene rings is 2. The van der Waals surface area contributed by atoms with Gasteiger partial charge in [-0.2, -0.15) is 0 Å². The van der Waals surface area contributed by atoms with Crippen LogP contribution in [-0.2, 0) is 0 Å². The minimum absolute atomic E-state index is 0.00412. The summed E-state index contributed by atoms with van der Waals surface area (Å²) in [5.74, 6) is -0.564. The van der Waals surface area contributed by atoms with E-state index >= 15 is 0 Å². The molecule has 7 heteroatoms. The molecule has 2 nitrogen and oxygen atoms in total. The first-order valence-corrected chi connectivity index (χ1v) is 6.77. The fourth-order valence-corrected chi connectivity index (χ4v) is 2.56. The SMILES string of the molecule is Oc1c(-c2cc(Cl)c(O)c(Cl)c2Cl)ccc(Cl)c1Cl. The lowest BCUT2D eigenvalue weighted by atomic mass is 10.0. The molecule has 0 aliphatic rings. The lowest BCUT2D eigenvalue weighted by molar-refractivity contribution is 0.474. The zero-order chi connectivity index (χ0) is 14.3. The summed E-state index contributed by atoms with van der Waals surface area (Å²) < 4.78 is 0. The lowest BCUT2D eigenvalue weighted by Gasteiger charge is -2.12. The Morgan fingerprint density at radius 3 is 1.89 bits per heavy atom. The van der Waals surface area contributed by atoms with Crippen LogP contribution in [0.25, 0.3) is 11.1 Å². The second-order valence-corrected chi connectivity index (χ2v) is 5.59. The van der Waals surface area contributed by atoms with Crippen molar-refractivity contribution in [3.05, 3.63) is 43.3 Å². The van der Waals surface area contributed by atoms with Gasteiger partial charge in [0, 0.05) is 11.1 Å². The molecule has 2 N–H and O–H groups in total. The highest BCUT2D eigenvalue weighted by molar-refractivity contribution is 6.47. The molecular formula is C12H5Cl5O2. The summed E-state index contributed by atoms with van der Waals surface area (Å²) in [6.07, 6.45) is 0. The van der Waals surface area contributed by atoms with Crippen LogP contribution >= 0.6 is 58.0 Å². The predicted octanol–water partition coefficient (Wildman–Crippen LogP) is 6.03. The molecule has 0 aliphatic heterocycles. The molecule has 0 amide bonds. The minimum atomic E-state index is -0.323. The van der Waals surface area contributed by atoms with Crippen LogP contribution in [0.2, 0.25) is 25.1 Å². The fourth-order valence-electron chi connectivity index (χ4n) is 1.54. The Labute approximate surface area is 134 Å². The maximum atomic E-state index is 9.98. The van der Waals surface area contributed by atoms with Gasteiger partial charge in [-0.1, -0.05) is 58.0 Å². The van der Waals surface area contributed by atoms with E-state index in [2.05, 4.69) is 0 Å². The Hall–Kier alpha value is -0.510. The average Bonchev–Trinajstić information content (AvgIpc) is 2.39. The first-order chi connectivity index (χ1) is 8.84. The highest BCUT2D eigenvalue weighted by Crippen LogP contribution is 2.47. The normalized spacial score (nSPS) is 10.8. The van der Waals surface area contributed by atoms with E-state index in [0.717, 1.165) is 0 Å². The molecule has 0 heterocycles. The van der Waals surface area contributed by atoms with E-state index in [9.17, 15) is 10.2 Å². The molecule has 0 bridgehead atoms. The van der Waals surface area contributed by atoms with Crippen LogP contribution in [0.4, 0.5) is 0 Å². The van der Waals surface area contributed by atoms with Crippen molar-refractivity contribution in [2.75, 3.05) is 0 Å². The number of hydrogen-bond acceptors (Lipinski definition) is 2. The van der Waals surface area contributed by atoms with Gasteiger partial charge >= 0.3 is 0 Å². The van der Waals surface area contributed by atoms with Gasteiger partial charge < -0.3 is 10.2 Å². The maximum absolute atomic E-state index is 9.98. The maximum Gasteiger partial charge on any atom is 0.154 e. The standard InChI is InChI=1S/C12H5Cl5O2/c13-6-2-1-4(11(18)9(6)16)5-3-7(14)12(19)10(17)8(5)15/h1-3,18-19H. The molecule has 2 aromatic rings. The van der Waals surface area contributed by atoms with Crippen LogP contribution in [0.5, 0.6) is 11.5 Å². The number of phenols is 2. The summed E-state index contributed by atoms with van der Waals surface area (Å²) in [5, 5.41) is 19.7. The van der Waals surface area contributed by atoms with E-state index in [-0.39, 0.29) is 36.6 Å². The quantitative estimate of drug-likeness (QED) is 0.611. The van der Waals surface area contributed by atoms with Gasteiger partial charge in [-0.15, -0.1) is 0 Å². The average molecular weight is 358 g/mol. The lowest BCUT2D eigenvalue weighted by Crippen LogP contribution is -1.85. The molecule has 0 aromatic heterocycles. The van der Waals surface area contributed by atoms with Crippen molar-refractivity contribution in [1.82, 2.24) is 0 Å². The van der Waals surface area contributed by atoms with Crippen molar-refractivity contribution in [2.45, 2.75) is 0 Å². The summed E-state index contributed by atoms with van der Waals surface area (Å²) in [7, 11) is 0. The summed E-state index contributed by atoms with van der Waals surface area (Å²) in [6, 6.07) is 4.41. The van der Waals surface area contributed by atoms with Crippen LogP contribution in [0, 0.1) is 0 Å². The van der Waals surface area contributed by atoms with Gasteiger partial charge in [0.1, 0.15) is 15.8 Å².